The first-order valence-electron chi connectivity index (χ1n) is 6.64. The van der Waals surface area contributed by atoms with Crippen LogP contribution in [0.15, 0.2) is 18.2 Å². The van der Waals surface area contributed by atoms with Crippen LogP contribution < -0.4 is 11.3 Å². The van der Waals surface area contributed by atoms with E-state index in [0.29, 0.717) is 38.0 Å². The molecule has 1 saturated heterocycles. The van der Waals surface area contributed by atoms with Crippen LogP contribution in [0.25, 0.3) is 0 Å². The second-order valence-corrected chi connectivity index (χ2v) is 5.05. The van der Waals surface area contributed by atoms with Gasteiger partial charge in [-0.25, -0.2) is 8.78 Å². The normalized spacial score (nSPS) is 19.8. The van der Waals surface area contributed by atoms with Crippen molar-refractivity contribution in [3.8, 4) is 0 Å². The van der Waals surface area contributed by atoms with Gasteiger partial charge in [-0.3, -0.25) is 11.3 Å². The molecule has 3 N–H and O–H groups in total. The molecule has 0 bridgehead atoms. The molecule has 112 valence electrons. The van der Waals surface area contributed by atoms with E-state index >= 15 is 0 Å². The lowest BCUT2D eigenvalue weighted by Gasteiger charge is -2.42. The van der Waals surface area contributed by atoms with Gasteiger partial charge in [-0.1, -0.05) is 6.07 Å². The van der Waals surface area contributed by atoms with E-state index in [2.05, 4.69) is 5.43 Å². The Morgan fingerprint density at radius 2 is 2.05 bits per heavy atom. The van der Waals surface area contributed by atoms with E-state index in [9.17, 15) is 8.78 Å². The number of hydrogen-bond donors (Lipinski definition) is 2. The molecule has 1 heterocycles. The van der Waals surface area contributed by atoms with Gasteiger partial charge in [-0.15, -0.1) is 0 Å². The predicted molar refractivity (Wildman–Crippen MR) is 71.0 cm³/mol. The molecule has 0 aliphatic carbocycles. The van der Waals surface area contributed by atoms with Gasteiger partial charge in [0.2, 0.25) is 0 Å². The fourth-order valence-corrected chi connectivity index (χ4v) is 2.71. The Kier molecular flexibility index (Phi) is 5.04. The number of halogens is 2. The molecule has 0 spiro atoms. The Hall–Kier alpha value is -1.08. The van der Waals surface area contributed by atoms with Crippen molar-refractivity contribution >= 4 is 0 Å². The van der Waals surface area contributed by atoms with Gasteiger partial charge >= 0.3 is 0 Å². The summed E-state index contributed by atoms with van der Waals surface area (Å²) in [6.45, 7) is 1.20. The van der Waals surface area contributed by atoms with Gasteiger partial charge in [0.25, 0.3) is 0 Å². The van der Waals surface area contributed by atoms with E-state index in [1.807, 2.05) is 0 Å². The summed E-state index contributed by atoms with van der Waals surface area (Å²) in [5.74, 6) is 3.94. The number of hydrazine groups is 1. The topological polar surface area (TPSA) is 56.5 Å². The third kappa shape index (κ3) is 3.15. The summed E-state index contributed by atoms with van der Waals surface area (Å²) in [7, 11) is 1.64. The number of hydrogen-bond acceptors (Lipinski definition) is 4. The van der Waals surface area contributed by atoms with Gasteiger partial charge < -0.3 is 9.47 Å². The summed E-state index contributed by atoms with van der Waals surface area (Å²) in [5, 5.41) is 0. The summed E-state index contributed by atoms with van der Waals surface area (Å²) < 4.78 is 37.2. The first-order chi connectivity index (χ1) is 9.61. The third-order valence-electron chi connectivity index (χ3n) is 4.01. The molecule has 1 aliphatic heterocycles. The summed E-state index contributed by atoms with van der Waals surface area (Å²) in [6, 6.07) is 3.69. The van der Waals surface area contributed by atoms with Crippen LogP contribution in [-0.4, -0.2) is 32.0 Å². The van der Waals surface area contributed by atoms with Crippen LogP contribution in [0.1, 0.15) is 18.4 Å². The first-order valence-corrected chi connectivity index (χ1v) is 6.64. The molecule has 0 radical (unpaired) electrons. The molecule has 1 unspecified atom stereocenters. The number of nitrogens with one attached hydrogen (secondary N) is 1. The van der Waals surface area contributed by atoms with Crippen LogP contribution in [0, 0.1) is 11.6 Å². The Morgan fingerprint density at radius 1 is 1.35 bits per heavy atom. The van der Waals surface area contributed by atoms with Gasteiger partial charge in [-0.2, -0.15) is 0 Å². The maximum atomic E-state index is 13.3. The molecule has 1 aromatic rings. The molecule has 0 aromatic heterocycles. The van der Waals surface area contributed by atoms with Gasteiger partial charge in [0, 0.05) is 33.2 Å². The number of rotatable bonds is 5. The van der Waals surface area contributed by atoms with E-state index in [1.165, 1.54) is 6.07 Å². The lowest BCUT2D eigenvalue weighted by atomic mass is 9.83. The lowest BCUT2D eigenvalue weighted by Crippen LogP contribution is -2.58. The van der Waals surface area contributed by atoms with Crippen molar-refractivity contribution < 1.29 is 18.3 Å². The SMILES string of the molecule is COC1(C(Cc2ccc(F)c(F)c2)NN)CCOCC1. The molecular weight excluding hydrogens is 266 g/mol. The second kappa shape index (κ2) is 6.58. The number of benzene rings is 1. The van der Waals surface area contributed by atoms with Crippen molar-refractivity contribution in [1.29, 1.82) is 0 Å². The molecule has 0 amide bonds. The minimum absolute atomic E-state index is 0.193. The van der Waals surface area contributed by atoms with Gasteiger partial charge in [0.15, 0.2) is 11.6 Å². The summed E-state index contributed by atoms with van der Waals surface area (Å²) >= 11 is 0. The smallest absolute Gasteiger partial charge is 0.159 e. The second-order valence-electron chi connectivity index (χ2n) is 5.05. The van der Waals surface area contributed by atoms with Crippen LogP contribution in [0.5, 0.6) is 0 Å². The van der Waals surface area contributed by atoms with Crippen molar-refractivity contribution in [1.82, 2.24) is 5.43 Å². The molecule has 1 atom stereocenters. The van der Waals surface area contributed by atoms with Crippen LogP contribution in [0.3, 0.4) is 0 Å². The summed E-state index contributed by atoms with van der Waals surface area (Å²) in [6.07, 6.45) is 1.88. The van der Waals surface area contributed by atoms with Gasteiger partial charge in [-0.05, 0) is 24.1 Å². The number of nitrogens with two attached hydrogens (primary N) is 1. The fraction of sp³-hybridized carbons (Fsp3) is 0.571. The van der Waals surface area contributed by atoms with Crippen molar-refractivity contribution in [2.24, 2.45) is 5.84 Å². The zero-order valence-corrected chi connectivity index (χ0v) is 11.5. The average molecular weight is 286 g/mol. The molecule has 20 heavy (non-hydrogen) atoms. The highest BCUT2D eigenvalue weighted by atomic mass is 19.2. The van der Waals surface area contributed by atoms with Crippen molar-refractivity contribution in [3.05, 3.63) is 35.4 Å². The van der Waals surface area contributed by atoms with E-state index in [4.69, 9.17) is 15.3 Å². The average Bonchev–Trinajstić information content (AvgIpc) is 2.49. The fourth-order valence-electron chi connectivity index (χ4n) is 2.71. The highest BCUT2D eigenvalue weighted by molar-refractivity contribution is 5.20. The van der Waals surface area contributed by atoms with E-state index in [0.717, 1.165) is 6.07 Å². The molecule has 6 heteroatoms. The van der Waals surface area contributed by atoms with Crippen LogP contribution in [0.2, 0.25) is 0 Å². The molecule has 0 saturated carbocycles. The molecule has 1 aromatic carbocycles. The maximum absolute atomic E-state index is 13.3. The molecule has 1 aliphatic rings. The quantitative estimate of drug-likeness (QED) is 0.637. The minimum Gasteiger partial charge on any atom is -0.381 e. The van der Waals surface area contributed by atoms with Crippen molar-refractivity contribution in [2.45, 2.75) is 30.9 Å². The first kappa shape index (κ1) is 15.3. The maximum Gasteiger partial charge on any atom is 0.159 e. The van der Waals surface area contributed by atoms with Crippen LogP contribution in [-0.2, 0) is 15.9 Å². The lowest BCUT2D eigenvalue weighted by molar-refractivity contribution is -0.110. The number of methoxy groups -OCH3 is 1. The molecular formula is C14H20F2N2O2. The highest BCUT2D eigenvalue weighted by Gasteiger charge is 2.40. The zero-order valence-electron chi connectivity index (χ0n) is 11.5. The monoisotopic (exact) mass is 286 g/mol. The number of ether oxygens (including phenoxy) is 2. The zero-order chi connectivity index (χ0) is 14.6. The van der Waals surface area contributed by atoms with E-state index < -0.39 is 17.2 Å². The summed E-state index contributed by atoms with van der Waals surface area (Å²) in [4.78, 5) is 0. The van der Waals surface area contributed by atoms with E-state index in [-0.39, 0.29) is 6.04 Å². The summed E-state index contributed by atoms with van der Waals surface area (Å²) in [5.41, 5.74) is 2.98. The Bertz CT molecular complexity index is 451. The van der Waals surface area contributed by atoms with Crippen LogP contribution in [0.4, 0.5) is 8.78 Å². The highest BCUT2D eigenvalue weighted by Crippen LogP contribution is 2.30. The Balaban J connectivity index is 2.16. The van der Waals surface area contributed by atoms with Gasteiger partial charge in [0.05, 0.1) is 11.6 Å². The Morgan fingerprint density at radius 3 is 2.60 bits per heavy atom. The van der Waals surface area contributed by atoms with E-state index in [1.54, 1.807) is 13.2 Å². The van der Waals surface area contributed by atoms with Crippen molar-refractivity contribution in [3.63, 3.8) is 0 Å². The Labute approximate surface area is 117 Å². The van der Waals surface area contributed by atoms with Gasteiger partial charge in [0.1, 0.15) is 0 Å². The van der Waals surface area contributed by atoms with Crippen molar-refractivity contribution in [2.75, 3.05) is 20.3 Å². The minimum atomic E-state index is -0.850. The third-order valence-corrected chi connectivity index (χ3v) is 4.01. The molecule has 2 rings (SSSR count). The molecule has 4 nitrogen and oxygen atoms in total. The molecule has 1 fully saturated rings. The predicted octanol–water partition coefficient (Wildman–Crippen LogP) is 1.53. The standard InChI is InChI=1S/C14H20F2N2O2/c1-19-14(4-6-20-7-5-14)13(18-17)9-10-2-3-11(15)12(16)8-10/h2-3,8,13,18H,4-7,9,17H2,1H3. The largest absolute Gasteiger partial charge is 0.381 e. The van der Waals surface area contributed by atoms with Crippen LogP contribution >= 0.6 is 0 Å².